The third-order valence-electron chi connectivity index (χ3n) is 3.85. The van der Waals surface area contributed by atoms with Crippen LogP contribution in [0.5, 0.6) is 11.5 Å². The normalized spacial score (nSPS) is 11.9. The minimum Gasteiger partial charge on any atom is -0.508 e. The third kappa shape index (κ3) is 3.64. The van der Waals surface area contributed by atoms with Gasteiger partial charge in [0.2, 0.25) is 0 Å². The van der Waals surface area contributed by atoms with Gasteiger partial charge in [-0.25, -0.2) is 4.79 Å². The lowest BCUT2D eigenvalue weighted by molar-refractivity contribution is -0.135. The molecule has 6 nitrogen and oxygen atoms in total. The Balaban J connectivity index is 1.83. The maximum absolute atomic E-state index is 12.4. The van der Waals surface area contributed by atoms with E-state index in [4.69, 9.17) is 10.5 Å². The molecular weight excluding hydrogens is 320 g/mol. The van der Waals surface area contributed by atoms with E-state index in [9.17, 15) is 14.8 Å². The van der Waals surface area contributed by atoms with Crippen LogP contribution in [-0.2, 0) is 11.2 Å². The molecule has 0 aromatic heterocycles. The number of hydrogen-bond donors (Lipinski definition) is 2. The zero-order chi connectivity index (χ0) is 17.8. The number of phenols is 1. The number of nitrogens with two attached hydrogens (primary N) is 1. The summed E-state index contributed by atoms with van der Waals surface area (Å²) >= 11 is 0. The van der Waals surface area contributed by atoms with Crippen molar-refractivity contribution in [2.24, 2.45) is 10.9 Å². The average Bonchev–Trinajstić information content (AvgIpc) is 2.63. The molecule has 6 heteroatoms. The van der Waals surface area contributed by atoms with Crippen molar-refractivity contribution in [1.29, 1.82) is 0 Å². The summed E-state index contributed by atoms with van der Waals surface area (Å²) in [7, 11) is 0. The van der Waals surface area contributed by atoms with Crippen molar-refractivity contribution >= 4 is 22.4 Å². The van der Waals surface area contributed by atoms with Crippen LogP contribution in [0.4, 0.5) is 5.69 Å². The van der Waals surface area contributed by atoms with Crippen LogP contribution in [0.15, 0.2) is 65.8 Å². The van der Waals surface area contributed by atoms with E-state index in [1.165, 1.54) is 18.2 Å². The molecule has 0 unspecified atom stereocenters. The zero-order valence-corrected chi connectivity index (χ0v) is 13.3. The quantitative estimate of drug-likeness (QED) is 0.422. The zero-order valence-electron chi connectivity index (χ0n) is 13.3. The van der Waals surface area contributed by atoms with Gasteiger partial charge in [0, 0.05) is 5.39 Å². The second-order valence-electron chi connectivity index (χ2n) is 5.62. The van der Waals surface area contributed by atoms with Crippen molar-refractivity contribution in [3.63, 3.8) is 0 Å². The summed E-state index contributed by atoms with van der Waals surface area (Å²) in [5.74, 6) is -0.411. The highest BCUT2D eigenvalue weighted by Crippen LogP contribution is 2.35. The van der Waals surface area contributed by atoms with E-state index in [-0.39, 0.29) is 23.6 Å². The average molecular weight is 336 g/mol. The summed E-state index contributed by atoms with van der Waals surface area (Å²) in [5, 5.41) is 13.7. The van der Waals surface area contributed by atoms with Crippen molar-refractivity contribution in [2.45, 2.75) is 12.5 Å². The summed E-state index contributed by atoms with van der Waals surface area (Å²) < 4.78 is 5.40. The molecule has 3 aromatic rings. The van der Waals surface area contributed by atoms with Crippen LogP contribution >= 0.6 is 0 Å². The SMILES string of the molecule is N[C@@H](Cc1ccc(O)cc1)C(=O)Oc1c(N=O)ccc2ccccc12. The van der Waals surface area contributed by atoms with E-state index in [1.54, 1.807) is 30.3 Å². The summed E-state index contributed by atoms with van der Waals surface area (Å²) in [5.41, 5.74) is 6.76. The summed E-state index contributed by atoms with van der Waals surface area (Å²) in [6.07, 6.45) is 0.244. The highest BCUT2D eigenvalue weighted by atomic mass is 16.5. The Morgan fingerprint density at radius 3 is 2.52 bits per heavy atom. The first kappa shape index (κ1) is 16.6. The Hall–Kier alpha value is -3.25. The Morgan fingerprint density at radius 1 is 1.08 bits per heavy atom. The van der Waals surface area contributed by atoms with Gasteiger partial charge in [-0.15, -0.1) is 4.91 Å². The number of rotatable bonds is 5. The molecule has 0 spiro atoms. The lowest BCUT2D eigenvalue weighted by Crippen LogP contribution is -2.36. The fourth-order valence-electron chi connectivity index (χ4n) is 2.56. The van der Waals surface area contributed by atoms with Gasteiger partial charge >= 0.3 is 5.97 Å². The number of esters is 1. The highest BCUT2D eigenvalue weighted by Gasteiger charge is 2.20. The number of hydrogen-bond acceptors (Lipinski definition) is 6. The van der Waals surface area contributed by atoms with Crippen LogP contribution in [0.25, 0.3) is 10.8 Å². The summed E-state index contributed by atoms with van der Waals surface area (Å²) in [4.78, 5) is 23.4. The topological polar surface area (TPSA) is 102 Å². The lowest BCUT2D eigenvalue weighted by atomic mass is 10.1. The van der Waals surface area contributed by atoms with E-state index in [1.807, 2.05) is 12.1 Å². The minimum absolute atomic E-state index is 0.0453. The van der Waals surface area contributed by atoms with Crippen LogP contribution in [0.2, 0.25) is 0 Å². The second-order valence-corrected chi connectivity index (χ2v) is 5.62. The number of carbonyl (C=O) groups excluding carboxylic acids is 1. The van der Waals surface area contributed by atoms with E-state index >= 15 is 0 Å². The molecule has 126 valence electrons. The molecule has 0 fully saturated rings. The predicted octanol–water partition coefficient (Wildman–Crippen LogP) is 3.42. The maximum atomic E-state index is 12.4. The molecule has 0 amide bonds. The molecule has 0 radical (unpaired) electrons. The molecule has 3 rings (SSSR count). The van der Waals surface area contributed by atoms with E-state index in [2.05, 4.69) is 5.18 Å². The highest BCUT2D eigenvalue weighted by molar-refractivity contribution is 5.95. The predicted molar refractivity (Wildman–Crippen MR) is 94.8 cm³/mol. The first-order valence-corrected chi connectivity index (χ1v) is 7.69. The molecule has 1 atom stereocenters. The minimum atomic E-state index is -0.914. The van der Waals surface area contributed by atoms with Gasteiger partial charge in [-0.05, 0) is 40.7 Å². The molecule has 0 aliphatic carbocycles. The van der Waals surface area contributed by atoms with Gasteiger partial charge in [-0.2, -0.15) is 0 Å². The van der Waals surface area contributed by atoms with Crippen molar-refractivity contribution in [2.75, 3.05) is 0 Å². The standard InChI is InChI=1S/C19H16N2O4/c20-16(11-12-5-8-14(22)9-6-12)19(23)25-18-15-4-2-1-3-13(15)7-10-17(18)21-24/h1-10,16,22H,11,20H2/t16-/m0/s1. The van der Waals surface area contributed by atoms with E-state index < -0.39 is 12.0 Å². The Kier molecular flexibility index (Phi) is 4.72. The third-order valence-corrected chi connectivity index (χ3v) is 3.85. The van der Waals surface area contributed by atoms with E-state index in [0.29, 0.717) is 5.39 Å². The molecule has 0 aliphatic rings. The summed E-state index contributed by atoms with van der Waals surface area (Å²) in [6, 6.07) is 15.9. The first-order chi connectivity index (χ1) is 12.1. The smallest absolute Gasteiger partial charge is 0.328 e. The monoisotopic (exact) mass is 336 g/mol. The number of benzene rings is 3. The molecular formula is C19H16N2O4. The fraction of sp³-hybridized carbons (Fsp3) is 0.105. The van der Waals surface area contributed by atoms with Crippen LogP contribution in [-0.4, -0.2) is 17.1 Å². The first-order valence-electron chi connectivity index (χ1n) is 7.69. The van der Waals surface area contributed by atoms with Gasteiger partial charge in [0.05, 0.1) is 0 Å². The van der Waals surface area contributed by atoms with Crippen LogP contribution in [0, 0.1) is 4.91 Å². The summed E-state index contributed by atoms with van der Waals surface area (Å²) in [6.45, 7) is 0. The van der Waals surface area contributed by atoms with Crippen LogP contribution in [0.1, 0.15) is 5.56 Å². The molecule has 25 heavy (non-hydrogen) atoms. The number of aromatic hydroxyl groups is 1. The molecule has 0 saturated carbocycles. The Labute approximate surface area is 143 Å². The Morgan fingerprint density at radius 2 is 1.80 bits per heavy atom. The molecule has 3 N–H and O–H groups in total. The number of fused-ring (bicyclic) bond motifs is 1. The Bertz CT molecular complexity index is 922. The second kappa shape index (κ2) is 7.11. The molecule has 0 bridgehead atoms. The van der Waals surface area contributed by atoms with Gasteiger partial charge in [0.15, 0.2) is 11.4 Å². The van der Waals surface area contributed by atoms with Crippen molar-refractivity contribution in [3.8, 4) is 11.5 Å². The number of phenolic OH excluding ortho intramolecular Hbond substituents is 1. The molecule has 3 aromatic carbocycles. The molecule has 0 heterocycles. The van der Waals surface area contributed by atoms with Gasteiger partial charge < -0.3 is 15.6 Å². The lowest BCUT2D eigenvalue weighted by Gasteiger charge is -2.14. The van der Waals surface area contributed by atoms with Crippen LogP contribution in [0.3, 0.4) is 0 Å². The van der Waals surface area contributed by atoms with Gasteiger partial charge in [-0.3, -0.25) is 0 Å². The van der Waals surface area contributed by atoms with Gasteiger partial charge in [0.25, 0.3) is 0 Å². The van der Waals surface area contributed by atoms with Gasteiger partial charge in [0.1, 0.15) is 11.8 Å². The van der Waals surface area contributed by atoms with Crippen molar-refractivity contribution in [3.05, 3.63) is 71.1 Å². The fourth-order valence-corrected chi connectivity index (χ4v) is 2.56. The number of nitrogens with zero attached hydrogens (tertiary/aromatic N) is 1. The van der Waals surface area contributed by atoms with E-state index in [0.717, 1.165) is 10.9 Å². The number of carbonyl (C=O) groups is 1. The maximum Gasteiger partial charge on any atom is 0.328 e. The molecule has 0 saturated heterocycles. The van der Waals surface area contributed by atoms with Crippen molar-refractivity contribution in [1.82, 2.24) is 0 Å². The van der Waals surface area contributed by atoms with Crippen LogP contribution < -0.4 is 10.5 Å². The largest absolute Gasteiger partial charge is 0.508 e. The van der Waals surface area contributed by atoms with Crippen molar-refractivity contribution < 1.29 is 14.6 Å². The van der Waals surface area contributed by atoms with Gasteiger partial charge in [-0.1, -0.05) is 42.5 Å². The molecule has 0 aliphatic heterocycles. The number of ether oxygens (including phenoxy) is 1. The number of nitroso groups, excluding NO2 is 1.